The van der Waals surface area contributed by atoms with Gasteiger partial charge in [0.15, 0.2) is 11.6 Å². The van der Waals surface area contributed by atoms with E-state index in [1.54, 1.807) is 11.8 Å². The van der Waals surface area contributed by atoms with Crippen molar-refractivity contribution in [2.45, 2.75) is 26.3 Å². The summed E-state index contributed by atoms with van der Waals surface area (Å²) in [6, 6.07) is 3.64. The average molecular weight is 354 g/mol. The Morgan fingerprint density at radius 1 is 1.36 bits per heavy atom. The van der Waals surface area contributed by atoms with Crippen molar-refractivity contribution in [1.82, 2.24) is 9.80 Å². The van der Waals surface area contributed by atoms with E-state index >= 15 is 0 Å². The van der Waals surface area contributed by atoms with Crippen LogP contribution < -0.4 is 0 Å². The van der Waals surface area contributed by atoms with E-state index < -0.39 is 29.4 Å². The fourth-order valence-electron chi connectivity index (χ4n) is 2.88. The predicted molar refractivity (Wildman–Crippen MR) is 84.4 cm³/mol. The van der Waals surface area contributed by atoms with Crippen LogP contribution in [0.15, 0.2) is 18.2 Å². The van der Waals surface area contributed by atoms with Crippen LogP contribution in [0.5, 0.6) is 0 Å². The lowest BCUT2D eigenvalue weighted by Gasteiger charge is -2.25. The summed E-state index contributed by atoms with van der Waals surface area (Å²) in [7, 11) is 0. The third-order valence-corrected chi connectivity index (χ3v) is 4.25. The zero-order valence-corrected chi connectivity index (χ0v) is 13.9. The van der Waals surface area contributed by atoms with Crippen LogP contribution in [0.3, 0.4) is 0 Å². The number of benzene rings is 1. The minimum absolute atomic E-state index is 0.0320. The Morgan fingerprint density at radius 3 is 2.68 bits per heavy atom. The third kappa shape index (κ3) is 4.52. The molecule has 1 atom stereocenters. The number of amides is 2. The van der Waals surface area contributed by atoms with Gasteiger partial charge in [0, 0.05) is 38.2 Å². The first-order valence-corrected chi connectivity index (χ1v) is 8.04. The Bertz CT molecular complexity index is 681. The largest absolute Gasteiger partial charge is 0.481 e. The van der Waals surface area contributed by atoms with E-state index in [4.69, 9.17) is 5.11 Å². The molecule has 1 aromatic rings. The molecule has 1 aliphatic rings. The van der Waals surface area contributed by atoms with Gasteiger partial charge in [-0.05, 0) is 13.0 Å². The van der Waals surface area contributed by atoms with Gasteiger partial charge in [0.05, 0.1) is 12.3 Å². The van der Waals surface area contributed by atoms with E-state index in [-0.39, 0.29) is 43.9 Å². The van der Waals surface area contributed by atoms with Crippen LogP contribution in [-0.4, -0.2) is 52.3 Å². The number of rotatable bonds is 7. The standard InChI is InChI=1S/C17H20F2N2O4/c1-2-20-10-12(8-14(20)22)17(25)21(7-6-15(23)24)9-11-4-3-5-13(18)16(11)19/h3-5,12H,2,6-10H2,1H3,(H,23,24). The first-order valence-electron chi connectivity index (χ1n) is 8.04. The van der Waals surface area contributed by atoms with Crippen LogP contribution in [0.2, 0.25) is 0 Å². The molecule has 136 valence electrons. The highest BCUT2D eigenvalue weighted by atomic mass is 19.2. The molecular formula is C17H20F2N2O4. The van der Waals surface area contributed by atoms with Crippen LogP contribution >= 0.6 is 0 Å². The number of aliphatic carboxylic acids is 1. The number of carboxylic acids is 1. The van der Waals surface area contributed by atoms with Crippen LogP contribution in [0.25, 0.3) is 0 Å². The second kappa shape index (κ2) is 8.04. The van der Waals surface area contributed by atoms with Gasteiger partial charge in [-0.2, -0.15) is 0 Å². The van der Waals surface area contributed by atoms with Crippen molar-refractivity contribution < 1.29 is 28.3 Å². The number of hydrogen-bond acceptors (Lipinski definition) is 3. The van der Waals surface area contributed by atoms with Gasteiger partial charge in [-0.1, -0.05) is 12.1 Å². The molecule has 0 saturated carbocycles. The highest BCUT2D eigenvalue weighted by Crippen LogP contribution is 2.22. The van der Waals surface area contributed by atoms with Gasteiger partial charge in [0.1, 0.15) is 0 Å². The van der Waals surface area contributed by atoms with Crippen LogP contribution in [0.4, 0.5) is 8.78 Å². The zero-order chi connectivity index (χ0) is 18.6. The molecule has 6 nitrogen and oxygen atoms in total. The Labute approximate surface area is 144 Å². The Balaban J connectivity index is 2.17. The normalized spacial score (nSPS) is 17.0. The second-order valence-electron chi connectivity index (χ2n) is 5.95. The molecule has 1 heterocycles. The van der Waals surface area contributed by atoms with Gasteiger partial charge in [-0.25, -0.2) is 8.78 Å². The van der Waals surface area contributed by atoms with Crippen molar-refractivity contribution in [3.05, 3.63) is 35.4 Å². The molecule has 0 bridgehead atoms. The number of carbonyl (C=O) groups is 3. The summed E-state index contributed by atoms with van der Waals surface area (Å²) in [4.78, 5) is 38.1. The summed E-state index contributed by atoms with van der Waals surface area (Å²) in [5.41, 5.74) is -0.0320. The van der Waals surface area contributed by atoms with Gasteiger partial charge in [0.2, 0.25) is 11.8 Å². The van der Waals surface area contributed by atoms with Crippen molar-refractivity contribution in [2.75, 3.05) is 19.6 Å². The molecule has 0 spiro atoms. The van der Waals surface area contributed by atoms with Crippen LogP contribution in [0, 0.1) is 17.6 Å². The summed E-state index contributed by atoms with van der Waals surface area (Å²) in [5.74, 6) is -4.36. The van der Waals surface area contributed by atoms with Gasteiger partial charge in [0.25, 0.3) is 0 Å². The molecule has 25 heavy (non-hydrogen) atoms. The summed E-state index contributed by atoms with van der Waals surface area (Å²) < 4.78 is 27.3. The average Bonchev–Trinajstić information content (AvgIpc) is 2.95. The summed E-state index contributed by atoms with van der Waals surface area (Å²) in [6.07, 6.45) is -0.275. The molecule has 2 amide bonds. The molecule has 1 unspecified atom stereocenters. The maximum Gasteiger partial charge on any atom is 0.305 e. The van der Waals surface area contributed by atoms with Gasteiger partial charge in [-0.3, -0.25) is 14.4 Å². The quantitative estimate of drug-likeness (QED) is 0.807. The minimum Gasteiger partial charge on any atom is -0.481 e. The van der Waals surface area contributed by atoms with E-state index in [9.17, 15) is 23.2 Å². The van der Waals surface area contributed by atoms with E-state index in [0.29, 0.717) is 6.54 Å². The number of carbonyl (C=O) groups excluding carboxylic acids is 2. The summed E-state index contributed by atoms with van der Waals surface area (Å²) in [6.45, 7) is 2.15. The number of carboxylic acid groups (broad SMARTS) is 1. The molecule has 0 aliphatic carbocycles. The maximum atomic E-state index is 13.9. The predicted octanol–water partition coefficient (Wildman–Crippen LogP) is 1.64. The van der Waals surface area contributed by atoms with Crippen molar-refractivity contribution in [3.8, 4) is 0 Å². The maximum absolute atomic E-state index is 13.9. The van der Waals surface area contributed by atoms with Gasteiger partial charge in [-0.15, -0.1) is 0 Å². The minimum atomic E-state index is -1.10. The van der Waals surface area contributed by atoms with Gasteiger partial charge < -0.3 is 14.9 Å². The fraction of sp³-hybridized carbons (Fsp3) is 0.471. The topological polar surface area (TPSA) is 77.9 Å². The molecule has 1 saturated heterocycles. The van der Waals surface area contributed by atoms with Crippen LogP contribution in [0.1, 0.15) is 25.3 Å². The lowest BCUT2D eigenvalue weighted by atomic mass is 10.1. The van der Waals surface area contributed by atoms with Crippen LogP contribution in [-0.2, 0) is 20.9 Å². The molecule has 0 aromatic heterocycles. The fourth-order valence-corrected chi connectivity index (χ4v) is 2.88. The lowest BCUT2D eigenvalue weighted by Crippen LogP contribution is -2.38. The smallest absolute Gasteiger partial charge is 0.305 e. The molecule has 0 radical (unpaired) electrons. The molecule has 1 aromatic carbocycles. The van der Waals surface area contributed by atoms with Crippen molar-refractivity contribution in [1.29, 1.82) is 0 Å². The highest BCUT2D eigenvalue weighted by Gasteiger charge is 2.36. The third-order valence-electron chi connectivity index (χ3n) is 4.25. The number of nitrogens with zero attached hydrogens (tertiary/aromatic N) is 2. The molecule has 1 fully saturated rings. The molecule has 2 rings (SSSR count). The van der Waals surface area contributed by atoms with E-state index in [0.717, 1.165) is 6.07 Å². The number of hydrogen-bond donors (Lipinski definition) is 1. The van der Waals surface area contributed by atoms with Gasteiger partial charge >= 0.3 is 5.97 Å². The Hall–Kier alpha value is -2.51. The van der Waals surface area contributed by atoms with Crippen molar-refractivity contribution in [3.63, 3.8) is 0 Å². The zero-order valence-electron chi connectivity index (χ0n) is 13.9. The number of likely N-dealkylation sites (tertiary alicyclic amines) is 1. The molecular weight excluding hydrogens is 334 g/mol. The summed E-state index contributed by atoms with van der Waals surface area (Å²) >= 11 is 0. The monoisotopic (exact) mass is 354 g/mol. The molecule has 1 N–H and O–H groups in total. The SMILES string of the molecule is CCN1CC(C(=O)N(CCC(=O)O)Cc2cccc(F)c2F)CC1=O. The first-order chi connectivity index (χ1) is 11.8. The van der Waals surface area contributed by atoms with Crippen molar-refractivity contribution >= 4 is 17.8 Å². The first kappa shape index (κ1) is 18.8. The van der Waals surface area contributed by atoms with E-state index in [2.05, 4.69) is 0 Å². The molecule has 8 heteroatoms. The van der Waals surface area contributed by atoms with E-state index in [1.165, 1.54) is 17.0 Å². The van der Waals surface area contributed by atoms with Crippen molar-refractivity contribution in [2.24, 2.45) is 5.92 Å². The lowest BCUT2D eigenvalue weighted by molar-refractivity contribution is -0.140. The Morgan fingerprint density at radius 2 is 2.08 bits per heavy atom. The second-order valence-corrected chi connectivity index (χ2v) is 5.95. The number of halogens is 2. The van der Waals surface area contributed by atoms with E-state index in [1.807, 2.05) is 0 Å². The molecule has 1 aliphatic heterocycles. The summed E-state index contributed by atoms with van der Waals surface area (Å²) in [5, 5.41) is 8.86. The Kier molecular flexibility index (Phi) is 6.06. The highest BCUT2D eigenvalue weighted by molar-refractivity contribution is 5.89.